The fourth-order valence-electron chi connectivity index (χ4n) is 2.78. The Balaban J connectivity index is 1.60. The van der Waals surface area contributed by atoms with Gasteiger partial charge in [0.1, 0.15) is 5.82 Å². The van der Waals surface area contributed by atoms with Crippen molar-refractivity contribution in [2.75, 3.05) is 16.9 Å². The van der Waals surface area contributed by atoms with Gasteiger partial charge in [-0.3, -0.25) is 0 Å². The zero-order chi connectivity index (χ0) is 19.7. The van der Waals surface area contributed by atoms with Gasteiger partial charge in [-0.15, -0.1) is 0 Å². The maximum Gasteiger partial charge on any atom is 0.229 e. The quantitative estimate of drug-likeness (QED) is 0.445. The lowest BCUT2D eigenvalue weighted by Crippen LogP contribution is -2.02. The largest absolute Gasteiger partial charge is 0.358 e. The number of aromatic amines is 1. The summed E-state index contributed by atoms with van der Waals surface area (Å²) in [4.78, 5) is 12.0. The Hall–Kier alpha value is -3.10. The number of sulfone groups is 1. The Morgan fingerprint density at radius 1 is 1.07 bits per heavy atom. The summed E-state index contributed by atoms with van der Waals surface area (Å²) in [6.45, 7) is 0. The van der Waals surface area contributed by atoms with Gasteiger partial charge in [0, 0.05) is 29.7 Å². The molecule has 7 nitrogen and oxygen atoms in total. The SMILES string of the molecule is CS(=O)(=O)c1cccc(Nc2nccc(Nc3cccc4c(Cl)c[nH]c34)n2)c1. The average Bonchev–Trinajstić information content (AvgIpc) is 3.04. The Morgan fingerprint density at radius 2 is 1.89 bits per heavy atom. The first-order valence-electron chi connectivity index (χ1n) is 8.33. The third-order valence-corrected chi connectivity index (χ3v) is 5.52. The van der Waals surface area contributed by atoms with E-state index in [9.17, 15) is 8.42 Å². The molecule has 28 heavy (non-hydrogen) atoms. The van der Waals surface area contributed by atoms with E-state index in [4.69, 9.17) is 11.6 Å². The van der Waals surface area contributed by atoms with Gasteiger partial charge in [0.05, 0.1) is 21.1 Å². The minimum Gasteiger partial charge on any atom is -0.358 e. The van der Waals surface area contributed by atoms with Gasteiger partial charge in [-0.2, -0.15) is 4.98 Å². The monoisotopic (exact) mass is 413 g/mol. The molecule has 0 fully saturated rings. The highest BCUT2D eigenvalue weighted by molar-refractivity contribution is 7.90. The summed E-state index contributed by atoms with van der Waals surface area (Å²) in [5.41, 5.74) is 2.29. The zero-order valence-corrected chi connectivity index (χ0v) is 16.3. The maximum atomic E-state index is 11.7. The summed E-state index contributed by atoms with van der Waals surface area (Å²) < 4.78 is 23.4. The lowest BCUT2D eigenvalue weighted by Gasteiger charge is -2.10. The lowest BCUT2D eigenvalue weighted by atomic mass is 10.2. The molecule has 2 aromatic heterocycles. The van der Waals surface area contributed by atoms with E-state index in [1.807, 2.05) is 18.2 Å². The predicted molar refractivity (Wildman–Crippen MR) is 111 cm³/mol. The van der Waals surface area contributed by atoms with Gasteiger partial charge in [-0.1, -0.05) is 29.8 Å². The second-order valence-electron chi connectivity index (χ2n) is 6.18. The van der Waals surface area contributed by atoms with E-state index >= 15 is 0 Å². The van der Waals surface area contributed by atoms with Gasteiger partial charge in [-0.25, -0.2) is 13.4 Å². The zero-order valence-electron chi connectivity index (χ0n) is 14.8. The number of nitrogens with one attached hydrogen (secondary N) is 3. The first kappa shape index (κ1) is 18.3. The Labute approximate surface area is 166 Å². The molecular weight excluding hydrogens is 398 g/mol. The summed E-state index contributed by atoms with van der Waals surface area (Å²) in [6.07, 6.45) is 4.51. The highest BCUT2D eigenvalue weighted by Crippen LogP contribution is 2.30. The predicted octanol–water partition coefficient (Wildman–Crippen LogP) is 4.50. The molecule has 0 saturated carbocycles. The third kappa shape index (κ3) is 3.78. The molecule has 0 aliphatic carbocycles. The molecule has 0 atom stereocenters. The number of halogens is 1. The second kappa shape index (κ2) is 7.14. The number of aromatic nitrogens is 3. The van der Waals surface area contributed by atoms with Crippen molar-refractivity contribution in [3.8, 4) is 0 Å². The fraction of sp³-hybridized carbons (Fsp3) is 0.0526. The topological polar surface area (TPSA) is 99.8 Å². The molecule has 0 spiro atoms. The van der Waals surface area contributed by atoms with Crippen molar-refractivity contribution in [1.82, 2.24) is 15.0 Å². The minimum atomic E-state index is -3.29. The van der Waals surface area contributed by atoms with E-state index in [1.54, 1.807) is 42.7 Å². The van der Waals surface area contributed by atoms with Crippen LogP contribution >= 0.6 is 11.6 Å². The van der Waals surface area contributed by atoms with Crippen LogP contribution < -0.4 is 10.6 Å². The van der Waals surface area contributed by atoms with Crippen LogP contribution in [0.1, 0.15) is 0 Å². The van der Waals surface area contributed by atoms with E-state index < -0.39 is 9.84 Å². The molecule has 4 aromatic rings. The van der Waals surface area contributed by atoms with Gasteiger partial charge in [0.25, 0.3) is 0 Å². The number of H-pyrrole nitrogens is 1. The highest BCUT2D eigenvalue weighted by atomic mass is 35.5. The number of para-hydroxylation sites is 1. The van der Waals surface area contributed by atoms with Crippen molar-refractivity contribution in [2.45, 2.75) is 4.90 Å². The Kier molecular flexibility index (Phi) is 4.66. The van der Waals surface area contributed by atoms with Crippen LogP contribution in [-0.2, 0) is 9.84 Å². The molecule has 0 unspecified atom stereocenters. The summed E-state index contributed by atoms with van der Waals surface area (Å²) in [5, 5.41) is 7.83. The van der Waals surface area contributed by atoms with Crippen molar-refractivity contribution < 1.29 is 8.42 Å². The number of rotatable bonds is 5. The van der Waals surface area contributed by atoms with E-state index in [-0.39, 0.29) is 4.90 Å². The molecule has 2 heterocycles. The van der Waals surface area contributed by atoms with E-state index in [0.717, 1.165) is 16.6 Å². The van der Waals surface area contributed by atoms with Gasteiger partial charge >= 0.3 is 0 Å². The number of hydrogen-bond donors (Lipinski definition) is 3. The van der Waals surface area contributed by atoms with Crippen molar-refractivity contribution in [3.63, 3.8) is 0 Å². The molecular formula is C19H16ClN5O2S. The van der Waals surface area contributed by atoms with Crippen molar-refractivity contribution >= 4 is 55.5 Å². The molecule has 2 aromatic carbocycles. The molecule has 9 heteroatoms. The van der Waals surface area contributed by atoms with Crippen LogP contribution in [0.15, 0.2) is 65.8 Å². The summed E-state index contributed by atoms with van der Waals surface area (Å²) in [6, 6.07) is 14.0. The molecule has 0 radical (unpaired) electrons. The van der Waals surface area contributed by atoms with Gasteiger partial charge in [0.15, 0.2) is 9.84 Å². The van der Waals surface area contributed by atoms with Crippen LogP contribution in [0.3, 0.4) is 0 Å². The average molecular weight is 414 g/mol. The van der Waals surface area contributed by atoms with Gasteiger partial charge in [-0.05, 0) is 30.3 Å². The van der Waals surface area contributed by atoms with Gasteiger partial charge < -0.3 is 15.6 Å². The van der Waals surface area contributed by atoms with Crippen molar-refractivity contribution in [2.24, 2.45) is 0 Å². The molecule has 0 aliphatic rings. The molecule has 0 aliphatic heterocycles. The standard InChI is InChI=1S/C19H16ClN5O2S/c1-28(26,27)13-5-2-4-12(10-13)23-19-21-9-8-17(25-19)24-16-7-3-6-14-15(20)11-22-18(14)16/h2-11,22H,1H3,(H2,21,23,24,25). The van der Waals surface area contributed by atoms with E-state index in [1.165, 1.54) is 6.26 Å². The van der Waals surface area contributed by atoms with Crippen LogP contribution in [-0.4, -0.2) is 29.6 Å². The van der Waals surface area contributed by atoms with E-state index in [2.05, 4.69) is 25.6 Å². The molecule has 142 valence electrons. The molecule has 0 saturated heterocycles. The number of nitrogens with zero attached hydrogens (tertiary/aromatic N) is 2. The van der Waals surface area contributed by atoms with Crippen LogP contribution in [0.2, 0.25) is 5.02 Å². The molecule has 3 N–H and O–H groups in total. The number of hydrogen-bond acceptors (Lipinski definition) is 6. The first-order valence-corrected chi connectivity index (χ1v) is 10.6. The number of anilines is 4. The fourth-order valence-corrected chi connectivity index (χ4v) is 3.66. The van der Waals surface area contributed by atoms with Gasteiger partial charge in [0.2, 0.25) is 5.95 Å². The third-order valence-electron chi connectivity index (χ3n) is 4.10. The summed E-state index contributed by atoms with van der Waals surface area (Å²) in [7, 11) is -3.29. The number of benzene rings is 2. The normalized spacial score (nSPS) is 11.5. The minimum absolute atomic E-state index is 0.224. The van der Waals surface area contributed by atoms with Crippen LogP contribution in [0, 0.1) is 0 Å². The summed E-state index contributed by atoms with van der Waals surface area (Å²) >= 11 is 6.17. The van der Waals surface area contributed by atoms with Crippen molar-refractivity contribution in [3.05, 3.63) is 65.9 Å². The molecule has 0 amide bonds. The molecule has 0 bridgehead atoms. The lowest BCUT2D eigenvalue weighted by molar-refractivity contribution is 0.602. The van der Waals surface area contributed by atoms with Crippen molar-refractivity contribution in [1.29, 1.82) is 0 Å². The van der Waals surface area contributed by atoms with Crippen LogP contribution in [0.25, 0.3) is 10.9 Å². The maximum absolute atomic E-state index is 11.7. The van der Waals surface area contributed by atoms with E-state index in [0.29, 0.717) is 22.5 Å². The second-order valence-corrected chi connectivity index (χ2v) is 8.60. The number of fused-ring (bicyclic) bond motifs is 1. The Bertz CT molecular complexity index is 1270. The molecule has 4 rings (SSSR count). The summed E-state index contributed by atoms with van der Waals surface area (Å²) in [5.74, 6) is 0.919. The first-order chi connectivity index (χ1) is 13.4. The van der Waals surface area contributed by atoms with Crippen LogP contribution in [0.4, 0.5) is 23.1 Å². The Morgan fingerprint density at radius 3 is 2.71 bits per heavy atom. The highest BCUT2D eigenvalue weighted by Gasteiger charge is 2.09. The van der Waals surface area contributed by atoms with Crippen LogP contribution in [0.5, 0.6) is 0 Å². The smallest absolute Gasteiger partial charge is 0.229 e.